The first-order chi connectivity index (χ1) is 6.18. The van der Waals surface area contributed by atoms with Crippen LogP contribution in [-0.2, 0) is 0 Å². The van der Waals surface area contributed by atoms with E-state index in [4.69, 9.17) is 23.1 Å². The van der Waals surface area contributed by atoms with Crippen LogP contribution >= 0.6 is 11.6 Å². The molecule has 0 spiro atoms. The van der Waals surface area contributed by atoms with Crippen molar-refractivity contribution in [1.29, 1.82) is 0 Å². The average molecular weight is 197 g/mol. The largest absolute Gasteiger partial charge is 0.398 e. The fourth-order valence-corrected chi connectivity index (χ4v) is 1.74. The smallest absolute Gasteiger partial charge is 0.0426 e. The molecule has 1 aliphatic carbocycles. The maximum Gasteiger partial charge on any atom is 0.0426 e. The molecule has 0 aliphatic heterocycles. The average Bonchev–Trinajstić information content (AvgIpc) is 2.85. The number of anilines is 1. The van der Waals surface area contributed by atoms with Gasteiger partial charge in [0.1, 0.15) is 0 Å². The van der Waals surface area contributed by atoms with Gasteiger partial charge in [0.25, 0.3) is 0 Å². The molecule has 0 amide bonds. The molecule has 0 saturated heterocycles. The Morgan fingerprint density at radius 1 is 1.38 bits per heavy atom. The lowest BCUT2D eigenvalue weighted by molar-refractivity contribution is 0.635. The molecule has 1 fully saturated rings. The summed E-state index contributed by atoms with van der Waals surface area (Å²) in [6, 6.07) is 5.63. The van der Waals surface area contributed by atoms with Gasteiger partial charge in [-0.1, -0.05) is 17.7 Å². The molecular weight excluding hydrogens is 184 g/mol. The van der Waals surface area contributed by atoms with Crippen molar-refractivity contribution in [2.24, 2.45) is 11.7 Å². The highest BCUT2D eigenvalue weighted by atomic mass is 35.5. The van der Waals surface area contributed by atoms with Gasteiger partial charge in [0.15, 0.2) is 0 Å². The van der Waals surface area contributed by atoms with Gasteiger partial charge in [-0.3, -0.25) is 0 Å². The van der Waals surface area contributed by atoms with E-state index in [1.807, 2.05) is 12.1 Å². The summed E-state index contributed by atoms with van der Waals surface area (Å²) in [5, 5.41) is 0.671. The minimum Gasteiger partial charge on any atom is -0.398 e. The van der Waals surface area contributed by atoms with Crippen LogP contribution in [0.15, 0.2) is 18.2 Å². The van der Waals surface area contributed by atoms with Crippen LogP contribution in [0.25, 0.3) is 0 Å². The van der Waals surface area contributed by atoms with E-state index in [9.17, 15) is 0 Å². The molecule has 2 nitrogen and oxygen atoms in total. The van der Waals surface area contributed by atoms with Gasteiger partial charge in [-0.2, -0.15) is 0 Å². The highest BCUT2D eigenvalue weighted by Gasteiger charge is 2.30. The molecule has 2 rings (SSSR count). The summed E-state index contributed by atoms with van der Waals surface area (Å²) in [6.45, 7) is 0. The summed E-state index contributed by atoms with van der Waals surface area (Å²) in [4.78, 5) is 0. The van der Waals surface area contributed by atoms with Crippen LogP contribution < -0.4 is 11.5 Å². The minimum absolute atomic E-state index is 0.0947. The van der Waals surface area contributed by atoms with E-state index < -0.39 is 0 Å². The Morgan fingerprint density at radius 2 is 2.08 bits per heavy atom. The van der Waals surface area contributed by atoms with Gasteiger partial charge in [-0.15, -0.1) is 0 Å². The van der Waals surface area contributed by atoms with Crippen molar-refractivity contribution in [1.82, 2.24) is 0 Å². The summed E-state index contributed by atoms with van der Waals surface area (Å²) in [5.74, 6) is 0.628. The number of benzene rings is 1. The topological polar surface area (TPSA) is 52.0 Å². The van der Waals surface area contributed by atoms with E-state index in [1.54, 1.807) is 6.07 Å². The summed E-state index contributed by atoms with van der Waals surface area (Å²) in [6.07, 6.45) is 2.45. The van der Waals surface area contributed by atoms with Crippen LogP contribution in [0.3, 0.4) is 0 Å². The van der Waals surface area contributed by atoms with Crippen LogP contribution in [0.1, 0.15) is 24.4 Å². The summed E-state index contributed by atoms with van der Waals surface area (Å²) < 4.78 is 0. The molecule has 3 heteroatoms. The molecule has 1 aromatic carbocycles. The number of nitrogen functional groups attached to an aromatic ring is 1. The second-order valence-electron chi connectivity index (χ2n) is 3.64. The van der Waals surface area contributed by atoms with Crippen LogP contribution in [0.4, 0.5) is 5.69 Å². The lowest BCUT2D eigenvalue weighted by Gasteiger charge is -2.13. The molecule has 1 aliphatic rings. The lowest BCUT2D eigenvalue weighted by Crippen LogP contribution is -2.14. The minimum atomic E-state index is 0.0947. The van der Waals surface area contributed by atoms with Gasteiger partial charge < -0.3 is 11.5 Å². The fourth-order valence-electron chi connectivity index (χ4n) is 1.56. The van der Waals surface area contributed by atoms with Crippen molar-refractivity contribution in [3.8, 4) is 0 Å². The zero-order valence-electron chi connectivity index (χ0n) is 7.33. The van der Waals surface area contributed by atoms with E-state index >= 15 is 0 Å². The second-order valence-corrected chi connectivity index (χ2v) is 4.07. The monoisotopic (exact) mass is 196 g/mol. The van der Waals surface area contributed by atoms with Crippen molar-refractivity contribution < 1.29 is 0 Å². The lowest BCUT2D eigenvalue weighted by atomic mass is 10.0. The standard InChI is InChI=1S/C10H13ClN2/c11-7-3-4-8(9(12)5-7)10(13)6-1-2-6/h3-6,10H,1-2,12-13H2/t10-/m1/s1. The molecule has 0 unspecified atom stereocenters. The molecule has 0 radical (unpaired) electrons. The van der Waals surface area contributed by atoms with Crippen molar-refractivity contribution in [2.75, 3.05) is 5.73 Å². The third kappa shape index (κ3) is 1.79. The first-order valence-electron chi connectivity index (χ1n) is 4.49. The van der Waals surface area contributed by atoms with E-state index in [2.05, 4.69) is 0 Å². The molecule has 1 atom stereocenters. The summed E-state index contributed by atoms with van der Waals surface area (Å²) in [7, 11) is 0. The van der Waals surface area contributed by atoms with Gasteiger partial charge >= 0.3 is 0 Å². The molecule has 0 aromatic heterocycles. The van der Waals surface area contributed by atoms with Crippen LogP contribution in [-0.4, -0.2) is 0 Å². The van der Waals surface area contributed by atoms with Gasteiger partial charge in [-0.25, -0.2) is 0 Å². The molecule has 70 valence electrons. The Balaban J connectivity index is 2.28. The number of hydrogen-bond acceptors (Lipinski definition) is 2. The predicted molar refractivity (Wildman–Crippen MR) is 55.5 cm³/mol. The van der Waals surface area contributed by atoms with E-state index in [0.717, 1.165) is 5.56 Å². The first-order valence-corrected chi connectivity index (χ1v) is 4.87. The fraction of sp³-hybridized carbons (Fsp3) is 0.400. The third-order valence-electron chi connectivity index (χ3n) is 2.54. The van der Waals surface area contributed by atoms with Gasteiger partial charge in [0.2, 0.25) is 0 Å². The SMILES string of the molecule is Nc1cc(Cl)ccc1[C@H](N)C1CC1. The van der Waals surface area contributed by atoms with Crippen LogP contribution in [0.5, 0.6) is 0 Å². The molecule has 0 bridgehead atoms. The molecule has 0 heterocycles. The van der Waals surface area contributed by atoms with Crippen molar-refractivity contribution in [3.63, 3.8) is 0 Å². The Labute approximate surface area is 82.9 Å². The number of rotatable bonds is 2. The van der Waals surface area contributed by atoms with E-state index in [0.29, 0.717) is 16.6 Å². The van der Waals surface area contributed by atoms with Crippen LogP contribution in [0.2, 0.25) is 5.02 Å². The molecule has 1 saturated carbocycles. The Bertz CT molecular complexity index is 321. The Kier molecular flexibility index (Phi) is 2.18. The third-order valence-corrected chi connectivity index (χ3v) is 2.77. The van der Waals surface area contributed by atoms with Crippen molar-refractivity contribution >= 4 is 17.3 Å². The normalized spacial score (nSPS) is 18.6. The maximum absolute atomic E-state index is 6.03. The summed E-state index contributed by atoms with van der Waals surface area (Å²) in [5.41, 5.74) is 13.6. The zero-order valence-corrected chi connectivity index (χ0v) is 8.09. The molecule has 1 aromatic rings. The van der Waals surface area contributed by atoms with E-state index in [1.165, 1.54) is 12.8 Å². The molecule has 4 N–H and O–H groups in total. The highest BCUT2D eigenvalue weighted by Crippen LogP contribution is 2.41. The number of hydrogen-bond donors (Lipinski definition) is 2. The maximum atomic E-state index is 6.03. The van der Waals surface area contributed by atoms with Gasteiger partial charge in [0.05, 0.1) is 0 Å². The predicted octanol–water partition coefficient (Wildman–Crippen LogP) is 2.33. The number of nitrogens with two attached hydrogens (primary N) is 2. The van der Waals surface area contributed by atoms with Crippen molar-refractivity contribution in [2.45, 2.75) is 18.9 Å². The Morgan fingerprint density at radius 3 is 2.62 bits per heavy atom. The number of halogens is 1. The van der Waals surface area contributed by atoms with Gasteiger partial charge in [0, 0.05) is 16.8 Å². The van der Waals surface area contributed by atoms with Crippen molar-refractivity contribution in [3.05, 3.63) is 28.8 Å². The zero-order chi connectivity index (χ0) is 9.42. The molecule has 13 heavy (non-hydrogen) atoms. The molecular formula is C10H13ClN2. The van der Waals surface area contributed by atoms with Gasteiger partial charge in [-0.05, 0) is 36.5 Å². The second kappa shape index (κ2) is 3.20. The van der Waals surface area contributed by atoms with Crippen LogP contribution in [0, 0.1) is 5.92 Å². The summed E-state index contributed by atoms with van der Waals surface area (Å²) >= 11 is 5.80. The highest BCUT2D eigenvalue weighted by molar-refractivity contribution is 6.30. The quantitative estimate of drug-likeness (QED) is 0.714. The first kappa shape index (κ1) is 8.85. The van der Waals surface area contributed by atoms with E-state index in [-0.39, 0.29) is 6.04 Å². The Hall–Kier alpha value is -0.730.